The highest BCUT2D eigenvalue weighted by Gasteiger charge is 2.27. The predicted molar refractivity (Wildman–Crippen MR) is 86.8 cm³/mol. The van der Waals surface area contributed by atoms with Crippen molar-refractivity contribution in [3.8, 4) is 0 Å². The molecule has 122 valence electrons. The van der Waals surface area contributed by atoms with Gasteiger partial charge in [0.05, 0.1) is 5.92 Å². The fraction of sp³-hybridized carbons (Fsp3) is 0.412. The number of amides is 3. The minimum atomic E-state index is -0.740. The lowest BCUT2D eigenvalue weighted by atomic mass is 9.95. The highest BCUT2D eigenvalue weighted by atomic mass is 16.2. The summed E-state index contributed by atoms with van der Waals surface area (Å²) < 4.78 is 0. The Bertz CT molecular complexity index is 625. The molecule has 1 aromatic carbocycles. The summed E-state index contributed by atoms with van der Waals surface area (Å²) in [4.78, 5) is 39.2. The topological polar surface area (TPSA) is 87.6 Å². The fourth-order valence-corrected chi connectivity index (χ4v) is 2.42. The van der Waals surface area contributed by atoms with Gasteiger partial charge < -0.3 is 10.6 Å². The van der Waals surface area contributed by atoms with Crippen molar-refractivity contribution in [2.45, 2.75) is 32.6 Å². The van der Waals surface area contributed by atoms with E-state index in [2.05, 4.69) is 15.6 Å². The molecule has 6 heteroatoms. The molecule has 23 heavy (non-hydrogen) atoms. The molecular formula is C17H21N3O3. The molecule has 2 N–H and O–H groups in total. The molecule has 0 saturated heterocycles. The Morgan fingerprint density at radius 3 is 2.61 bits per heavy atom. The second kappa shape index (κ2) is 7.67. The van der Waals surface area contributed by atoms with Gasteiger partial charge in [-0.3, -0.25) is 14.4 Å². The molecule has 1 heterocycles. The molecule has 3 amide bonds. The Labute approximate surface area is 135 Å². The molecular weight excluding hydrogens is 294 g/mol. The molecule has 1 aliphatic heterocycles. The first-order valence-corrected chi connectivity index (χ1v) is 7.77. The lowest BCUT2D eigenvalue weighted by Gasteiger charge is -2.18. The van der Waals surface area contributed by atoms with Crippen molar-refractivity contribution in [3.63, 3.8) is 0 Å². The van der Waals surface area contributed by atoms with Crippen LogP contribution in [0.25, 0.3) is 0 Å². The van der Waals surface area contributed by atoms with E-state index in [1.54, 1.807) is 0 Å². The van der Waals surface area contributed by atoms with Crippen LogP contribution in [-0.2, 0) is 14.4 Å². The van der Waals surface area contributed by atoms with Gasteiger partial charge in [0.25, 0.3) is 5.91 Å². The normalized spacial score (nSPS) is 18.9. The Morgan fingerprint density at radius 1 is 1.30 bits per heavy atom. The number of nitrogens with one attached hydrogen (secondary N) is 2. The summed E-state index contributed by atoms with van der Waals surface area (Å²) in [7, 11) is 0. The van der Waals surface area contributed by atoms with E-state index in [0.717, 1.165) is 5.56 Å². The van der Waals surface area contributed by atoms with Gasteiger partial charge in [-0.2, -0.15) is 4.99 Å². The van der Waals surface area contributed by atoms with Crippen LogP contribution in [0.5, 0.6) is 0 Å². The van der Waals surface area contributed by atoms with Gasteiger partial charge in [-0.25, -0.2) is 0 Å². The highest BCUT2D eigenvalue weighted by Crippen LogP contribution is 2.19. The predicted octanol–water partition coefficient (Wildman–Crippen LogP) is 1.38. The number of nitrogens with zero attached hydrogens (tertiary/aromatic N) is 1. The molecule has 0 spiro atoms. The fourth-order valence-electron chi connectivity index (χ4n) is 2.42. The largest absolute Gasteiger partial charge is 0.355 e. The summed E-state index contributed by atoms with van der Waals surface area (Å²) in [6.07, 6.45) is 1.02. The van der Waals surface area contributed by atoms with Crippen LogP contribution in [-0.4, -0.2) is 30.1 Å². The zero-order valence-electron chi connectivity index (χ0n) is 13.3. The molecule has 2 rings (SSSR count). The Hall–Kier alpha value is -2.50. The maximum Gasteiger partial charge on any atom is 0.259 e. The third-order valence-corrected chi connectivity index (χ3v) is 3.86. The number of hydrogen-bond donors (Lipinski definition) is 2. The molecule has 0 unspecified atom stereocenters. The van der Waals surface area contributed by atoms with Gasteiger partial charge in [0.2, 0.25) is 11.8 Å². The number of carbonyl (C=O) groups is 3. The molecule has 0 saturated carbocycles. The minimum Gasteiger partial charge on any atom is -0.355 e. The first-order chi connectivity index (χ1) is 11.0. The second-order valence-corrected chi connectivity index (χ2v) is 5.52. The van der Waals surface area contributed by atoms with Crippen LogP contribution in [0.2, 0.25) is 0 Å². The molecule has 0 radical (unpaired) electrons. The lowest BCUT2D eigenvalue weighted by molar-refractivity contribution is -0.132. The van der Waals surface area contributed by atoms with Crippen molar-refractivity contribution in [2.24, 2.45) is 10.9 Å². The molecule has 2 atom stereocenters. The van der Waals surface area contributed by atoms with Crippen LogP contribution in [0, 0.1) is 5.92 Å². The average molecular weight is 315 g/mol. The van der Waals surface area contributed by atoms with Crippen molar-refractivity contribution in [1.82, 2.24) is 10.6 Å². The van der Waals surface area contributed by atoms with Crippen molar-refractivity contribution in [2.75, 3.05) is 6.54 Å². The van der Waals surface area contributed by atoms with Gasteiger partial charge in [-0.05, 0) is 18.9 Å². The summed E-state index contributed by atoms with van der Waals surface area (Å²) >= 11 is 0. The van der Waals surface area contributed by atoms with Crippen LogP contribution in [0.3, 0.4) is 0 Å². The minimum absolute atomic E-state index is 0.0684. The second-order valence-electron chi connectivity index (χ2n) is 5.52. The zero-order valence-corrected chi connectivity index (χ0v) is 13.3. The van der Waals surface area contributed by atoms with Crippen molar-refractivity contribution in [3.05, 3.63) is 35.9 Å². The Morgan fingerprint density at radius 2 is 2.00 bits per heavy atom. The van der Waals surface area contributed by atoms with E-state index >= 15 is 0 Å². The van der Waals surface area contributed by atoms with Crippen molar-refractivity contribution < 1.29 is 14.4 Å². The molecule has 6 nitrogen and oxygen atoms in total. The van der Waals surface area contributed by atoms with Gasteiger partial charge in [0.1, 0.15) is 11.8 Å². The number of amidine groups is 1. The summed E-state index contributed by atoms with van der Waals surface area (Å²) in [5.74, 6) is -1.49. The van der Waals surface area contributed by atoms with Crippen LogP contribution in [0.15, 0.2) is 35.3 Å². The maximum absolute atomic E-state index is 12.3. The Kier molecular flexibility index (Phi) is 5.62. The summed E-state index contributed by atoms with van der Waals surface area (Å²) in [5.41, 5.74) is 0.972. The monoisotopic (exact) mass is 315 g/mol. The Balaban J connectivity index is 1.88. The lowest BCUT2D eigenvalue weighted by Crippen LogP contribution is -2.44. The van der Waals surface area contributed by atoms with Crippen LogP contribution < -0.4 is 10.6 Å². The molecule has 0 aromatic heterocycles. The number of hydrogen-bond acceptors (Lipinski definition) is 3. The summed E-state index contributed by atoms with van der Waals surface area (Å²) in [6.45, 7) is 3.80. The van der Waals surface area contributed by atoms with Crippen LogP contribution in [0.1, 0.15) is 38.2 Å². The van der Waals surface area contributed by atoms with E-state index in [4.69, 9.17) is 0 Å². The quantitative estimate of drug-likeness (QED) is 0.777. The van der Waals surface area contributed by atoms with Gasteiger partial charge in [-0.15, -0.1) is 0 Å². The zero-order chi connectivity index (χ0) is 16.8. The average Bonchev–Trinajstić information content (AvgIpc) is 2.54. The third-order valence-electron chi connectivity index (χ3n) is 3.86. The highest BCUT2D eigenvalue weighted by molar-refractivity contribution is 6.15. The number of benzene rings is 1. The SMILES string of the molecule is CC[C@@H](C(=O)NCCC1=NC(=O)[C@H](C)C(=O)N1)c1ccccc1. The smallest absolute Gasteiger partial charge is 0.259 e. The molecule has 0 fully saturated rings. The van der Waals surface area contributed by atoms with Gasteiger partial charge in [0.15, 0.2) is 0 Å². The van der Waals surface area contributed by atoms with E-state index in [9.17, 15) is 14.4 Å². The molecule has 0 bridgehead atoms. The first-order valence-electron chi connectivity index (χ1n) is 7.77. The van der Waals surface area contributed by atoms with Gasteiger partial charge >= 0.3 is 0 Å². The molecule has 0 aliphatic carbocycles. The number of carbonyl (C=O) groups excluding carboxylic acids is 3. The van der Waals surface area contributed by atoms with Crippen molar-refractivity contribution >= 4 is 23.6 Å². The van der Waals surface area contributed by atoms with E-state index in [1.807, 2.05) is 37.3 Å². The first kappa shape index (κ1) is 16.9. The van der Waals surface area contributed by atoms with Crippen molar-refractivity contribution in [1.29, 1.82) is 0 Å². The number of rotatable bonds is 6. The molecule has 1 aliphatic rings. The summed E-state index contributed by atoms with van der Waals surface area (Å²) in [6, 6.07) is 9.59. The van der Waals surface area contributed by atoms with E-state index in [1.165, 1.54) is 6.92 Å². The van der Waals surface area contributed by atoms with E-state index < -0.39 is 11.8 Å². The third kappa shape index (κ3) is 4.25. The summed E-state index contributed by atoms with van der Waals surface area (Å²) in [5, 5.41) is 5.42. The van der Waals surface area contributed by atoms with E-state index in [-0.39, 0.29) is 17.7 Å². The van der Waals surface area contributed by atoms with Crippen LogP contribution in [0.4, 0.5) is 0 Å². The van der Waals surface area contributed by atoms with Gasteiger partial charge in [-0.1, -0.05) is 37.3 Å². The van der Waals surface area contributed by atoms with Gasteiger partial charge in [0, 0.05) is 13.0 Å². The number of aliphatic imine (C=N–C) groups is 1. The maximum atomic E-state index is 12.3. The van der Waals surface area contributed by atoms with E-state index in [0.29, 0.717) is 25.2 Å². The molecule has 1 aromatic rings. The standard InChI is InChI=1S/C17H21N3O3/c1-3-13(12-7-5-4-6-8-12)17(23)18-10-9-14-19-15(21)11(2)16(22)20-14/h4-8,11,13H,3,9-10H2,1-2H3,(H,18,23)(H,19,20,21,22)/t13-/m1/s1. The van der Waals surface area contributed by atoms with Crippen LogP contribution >= 0.6 is 0 Å².